The van der Waals surface area contributed by atoms with Gasteiger partial charge in [-0.1, -0.05) is 38.1 Å². The Balaban J connectivity index is 1.24. The number of hydrogen-bond donors (Lipinski definition) is 2. The Morgan fingerprint density at radius 1 is 0.806 bits per heavy atom. The molecule has 7 nitrogen and oxygen atoms in total. The van der Waals surface area contributed by atoms with Crippen molar-refractivity contribution < 1.29 is 14.3 Å². The Morgan fingerprint density at radius 2 is 1.36 bits per heavy atom. The van der Waals surface area contributed by atoms with Crippen LogP contribution in [0.25, 0.3) is 0 Å². The van der Waals surface area contributed by atoms with E-state index in [0.717, 1.165) is 41.5 Å². The Bertz CT molecular complexity index is 1150. The number of urea groups is 1. The number of piperazine rings is 1. The van der Waals surface area contributed by atoms with Crippen LogP contribution in [0.5, 0.6) is 5.75 Å². The minimum Gasteiger partial charge on any atom is -0.497 e. The highest BCUT2D eigenvalue weighted by Gasteiger charge is 2.21. The highest BCUT2D eigenvalue weighted by Crippen LogP contribution is 2.21. The minimum atomic E-state index is -0.274. The van der Waals surface area contributed by atoms with Gasteiger partial charge in [0, 0.05) is 43.2 Å². The fourth-order valence-electron chi connectivity index (χ4n) is 4.24. The van der Waals surface area contributed by atoms with Crippen LogP contribution < -0.4 is 20.3 Å². The lowest BCUT2D eigenvalue weighted by atomic mass is 10.0. The molecule has 0 spiro atoms. The summed E-state index contributed by atoms with van der Waals surface area (Å²) in [6.45, 7) is 7.20. The van der Waals surface area contributed by atoms with Gasteiger partial charge in [0.05, 0.1) is 13.5 Å². The monoisotopic (exact) mass is 486 g/mol. The first kappa shape index (κ1) is 25.1. The number of anilines is 3. The average Bonchev–Trinajstić information content (AvgIpc) is 2.90. The molecule has 3 aromatic carbocycles. The van der Waals surface area contributed by atoms with E-state index in [4.69, 9.17) is 4.74 Å². The maximum atomic E-state index is 12.7. The standard InChI is InChI=1S/C29H34N4O3/c1-21(2)23-6-8-24(9-7-23)30-29(35)31-25-10-12-26(13-11-25)32-16-18-33(19-17-32)28(34)20-22-4-14-27(36-3)15-5-22/h4-15,21H,16-20H2,1-3H3,(H2,30,31,35). The highest BCUT2D eigenvalue weighted by atomic mass is 16.5. The molecule has 1 aliphatic rings. The van der Waals surface area contributed by atoms with Crippen molar-refractivity contribution in [1.29, 1.82) is 0 Å². The molecule has 1 aliphatic heterocycles. The third kappa shape index (κ3) is 6.56. The molecule has 0 radical (unpaired) electrons. The summed E-state index contributed by atoms with van der Waals surface area (Å²) in [5.41, 5.74) is 4.78. The first-order valence-electron chi connectivity index (χ1n) is 12.3. The lowest BCUT2D eigenvalue weighted by molar-refractivity contribution is -0.130. The van der Waals surface area contributed by atoms with Crippen LogP contribution in [0.1, 0.15) is 30.9 Å². The van der Waals surface area contributed by atoms with Crippen LogP contribution in [0.3, 0.4) is 0 Å². The number of nitrogens with zero attached hydrogens (tertiary/aromatic N) is 2. The molecule has 2 N–H and O–H groups in total. The fraction of sp³-hybridized carbons (Fsp3) is 0.310. The zero-order valence-corrected chi connectivity index (χ0v) is 21.2. The summed E-state index contributed by atoms with van der Waals surface area (Å²) >= 11 is 0. The van der Waals surface area contributed by atoms with Crippen LogP contribution >= 0.6 is 0 Å². The third-order valence-corrected chi connectivity index (χ3v) is 6.47. The Labute approximate surface area is 213 Å². The van der Waals surface area contributed by atoms with Gasteiger partial charge < -0.3 is 25.2 Å². The molecule has 0 saturated carbocycles. The highest BCUT2D eigenvalue weighted by molar-refractivity contribution is 5.99. The summed E-state index contributed by atoms with van der Waals surface area (Å²) in [6, 6.07) is 23.1. The van der Waals surface area contributed by atoms with Gasteiger partial charge >= 0.3 is 6.03 Å². The Kier molecular flexibility index (Phi) is 8.10. The zero-order valence-electron chi connectivity index (χ0n) is 21.2. The Morgan fingerprint density at radius 3 is 1.89 bits per heavy atom. The summed E-state index contributed by atoms with van der Waals surface area (Å²) in [5, 5.41) is 5.75. The molecule has 1 saturated heterocycles. The van der Waals surface area contributed by atoms with Crippen molar-refractivity contribution >= 4 is 29.0 Å². The molecule has 4 rings (SSSR count). The predicted molar refractivity (Wildman–Crippen MR) is 145 cm³/mol. The fourth-order valence-corrected chi connectivity index (χ4v) is 4.24. The van der Waals surface area contributed by atoms with Crippen molar-refractivity contribution in [1.82, 2.24) is 4.90 Å². The van der Waals surface area contributed by atoms with E-state index in [1.54, 1.807) is 7.11 Å². The van der Waals surface area contributed by atoms with E-state index in [1.807, 2.05) is 77.7 Å². The van der Waals surface area contributed by atoms with Crippen molar-refractivity contribution in [3.05, 3.63) is 83.9 Å². The maximum Gasteiger partial charge on any atom is 0.323 e. The van der Waals surface area contributed by atoms with E-state index in [1.165, 1.54) is 5.56 Å². The molecular formula is C29H34N4O3. The van der Waals surface area contributed by atoms with Crippen LogP contribution in [0.4, 0.5) is 21.9 Å². The van der Waals surface area contributed by atoms with Crippen LogP contribution in [0.15, 0.2) is 72.8 Å². The summed E-state index contributed by atoms with van der Waals surface area (Å²) in [5.74, 6) is 1.39. The average molecular weight is 487 g/mol. The predicted octanol–water partition coefficient (Wildman–Crippen LogP) is 5.35. The second kappa shape index (κ2) is 11.6. The third-order valence-electron chi connectivity index (χ3n) is 6.47. The Hall–Kier alpha value is -4.00. The number of rotatable bonds is 7. The van der Waals surface area contributed by atoms with Gasteiger partial charge in [-0.2, -0.15) is 0 Å². The second-order valence-electron chi connectivity index (χ2n) is 9.30. The number of carbonyl (C=O) groups excluding carboxylic acids is 2. The molecule has 7 heteroatoms. The number of nitrogens with one attached hydrogen (secondary N) is 2. The molecule has 1 heterocycles. The van der Waals surface area contributed by atoms with E-state index < -0.39 is 0 Å². The second-order valence-corrected chi connectivity index (χ2v) is 9.30. The van der Waals surface area contributed by atoms with Crippen molar-refractivity contribution in [2.45, 2.75) is 26.2 Å². The number of hydrogen-bond acceptors (Lipinski definition) is 4. The SMILES string of the molecule is COc1ccc(CC(=O)N2CCN(c3ccc(NC(=O)Nc4ccc(C(C)C)cc4)cc3)CC2)cc1. The lowest BCUT2D eigenvalue weighted by Crippen LogP contribution is -2.49. The first-order chi connectivity index (χ1) is 17.4. The van der Waals surface area contributed by atoms with E-state index in [2.05, 4.69) is 29.4 Å². The normalized spacial score (nSPS) is 13.4. The number of ether oxygens (including phenoxy) is 1. The molecule has 188 valence electrons. The molecule has 0 atom stereocenters. The summed E-state index contributed by atoms with van der Waals surface area (Å²) in [6.07, 6.45) is 0.397. The molecule has 0 aliphatic carbocycles. The lowest BCUT2D eigenvalue weighted by Gasteiger charge is -2.36. The maximum absolute atomic E-state index is 12.7. The summed E-state index contributed by atoms with van der Waals surface area (Å²) in [7, 11) is 1.63. The first-order valence-corrected chi connectivity index (χ1v) is 12.3. The largest absolute Gasteiger partial charge is 0.497 e. The smallest absolute Gasteiger partial charge is 0.323 e. The molecular weight excluding hydrogens is 452 g/mol. The number of amides is 3. The van der Waals surface area contributed by atoms with E-state index in [0.29, 0.717) is 25.4 Å². The summed E-state index contributed by atoms with van der Waals surface area (Å²) < 4.78 is 5.18. The van der Waals surface area contributed by atoms with Gasteiger partial charge in [-0.3, -0.25) is 4.79 Å². The van der Waals surface area contributed by atoms with Crippen LogP contribution in [0.2, 0.25) is 0 Å². The van der Waals surface area contributed by atoms with Gasteiger partial charge in [-0.05, 0) is 65.6 Å². The minimum absolute atomic E-state index is 0.143. The molecule has 0 bridgehead atoms. The van der Waals surface area contributed by atoms with Crippen LogP contribution in [-0.2, 0) is 11.2 Å². The van der Waals surface area contributed by atoms with Gasteiger partial charge in [-0.15, -0.1) is 0 Å². The van der Waals surface area contributed by atoms with Gasteiger partial charge in [0.25, 0.3) is 0 Å². The number of carbonyl (C=O) groups is 2. The van der Waals surface area contributed by atoms with Gasteiger partial charge in [0.1, 0.15) is 5.75 Å². The van der Waals surface area contributed by atoms with Gasteiger partial charge in [0.2, 0.25) is 5.91 Å². The zero-order chi connectivity index (χ0) is 25.5. The molecule has 1 fully saturated rings. The van der Waals surface area contributed by atoms with Crippen molar-refractivity contribution in [3.8, 4) is 5.75 Å². The van der Waals surface area contributed by atoms with E-state index in [9.17, 15) is 9.59 Å². The topological polar surface area (TPSA) is 73.9 Å². The molecule has 0 unspecified atom stereocenters. The van der Waals surface area contributed by atoms with Crippen molar-refractivity contribution in [3.63, 3.8) is 0 Å². The quantitative estimate of drug-likeness (QED) is 0.472. The number of methoxy groups -OCH3 is 1. The van der Waals surface area contributed by atoms with Crippen LogP contribution in [0, 0.1) is 0 Å². The van der Waals surface area contributed by atoms with Gasteiger partial charge in [-0.25, -0.2) is 4.79 Å². The molecule has 0 aromatic heterocycles. The molecule has 3 aromatic rings. The van der Waals surface area contributed by atoms with E-state index in [-0.39, 0.29) is 11.9 Å². The van der Waals surface area contributed by atoms with Crippen molar-refractivity contribution in [2.75, 3.05) is 48.8 Å². The van der Waals surface area contributed by atoms with E-state index >= 15 is 0 Å². The van der Waals surface area contributed by atoms with Gasteiger partial charge in [0.15, 0.2) is 0 Å². The number of benzene rings is 3. The summed E-state index contributed by atoms with van der Waals surface area (Å²) in [4.78, 5) is 29.3. The molecule has 3 amide bonds. The molecule has 36 heavy (non-hydrogen) atoms. The van der Waals surface area contributed by atoms with Crippen molar-refractivity contribution in [2.24, 2.45) is 0 Å². The van der Waals surface area contributed by atoms with Crippen LogP contribution in [-0.4, -0.2) is 50.1 Å².